The highest BCUT2D eigenvalue weighted by Crippen LogP contribution is 2.30. The van der Waals surface area contributed by atoms with Crippen LogP contribution in [0.1, 0.15) is 33.6 Å². The molecule has 2 unspecified atom stereocenters. The standard InChI is InChI=1S/C17H29NO5/c1-17(2,3)23-16(19)18-14-9-13(5-6-21-8-7-20-4)10-15(18)12-22-11-14/h9,14-15H,5-8,10-12H2,1-4H3. The van der Waals surface area contributed by atoms with Gasteiger partial charge in [0.25, 0.3) is 0 Å². The highest BCUT2D eigenvalue weighted by atomic mass is 16.6. The number of ether oxygens (including phenoxy) is 4. The summed E-state index contributed by atoms with van der Waals surface area (Å²) >= 11 is 0. The van der Waals surface area contributed by atoms with E-state index in [-0.39, 0.29) is 18.2 Å². The topological polar surface area (TPSA) is 57.2 Å². The van der Waals surface area contributed by atoms with Gasteiger partial charge in [0, 0.05) is 7.11 Å². The molecule has 2 atom stereocenters. The summed E-state index contributed by atoms with van der Waals surface area (Å²) in [5.41, 5.74) is 0.853. The average molecular weight is 327 g/mol. The Kier molecular flexibility index (Phi) is 6.44. The fourth-order valence-electron chi connectivity index (χ4n) is 2.92. The Labute approximate surface area is 138 Å². The van der Waals surface area contributed by atoms with Gasteiger partial charge in [-0.1, -0.05) is 11.6 Å². The minimum Gasteiger partial charge on any atom is -0.444 e. The van der Waals surface area contributed by atoms with Gasteiger partial charge in [0.1, 0.15) is 5.60 Å². The van der Waals surface area contributed by atoms with Crippen LogP contribution >= 0.6 is 0 Å². The summed E-state index contributed by atoms with van der Waals surface area (Å²) in [4.78, 5) is 14.3. The molecular formula is C17H29NO5. The third-order valence-corrected chi connectivity index (χ3v) is 3.88. The molecule has 0 N–H and O–H groups in total. The predicted molar refractivity (Wildman–Crippen MR) is 86.5 cm³/mol. The van der Waals surface area contributed by atoms with Gasteiger partial charge in [-0.05, 0) is 33.6 Å². The first-order chi connectivity index (χ1) is 10.9. The molecule has 2 bridgehead atoms. The van der Waals surface area contributed by atoms with Gasteiger partial charge in [-0.3, -0.25) is 4.90 Å². The lowest BCUT2D eigenvalue weighted by Crippen LogP contribution is -2.57. The maximum absolute atomic E-state index is 12.4. The van der Waals surface area contributed by atoms with Crippen molar-refractivity contribution in [3.63, 3.8) is 0 Å². The largest absolute Gasteiger partial charge is 0.444 e. The normalized spacial score (nSPS) is 24.3. The Morgan fingerprint density at radius 3 is 2.74 bits per heavy atom. The number of hydrogen-bond donors (Lipinski definition) is 0. The first kappa shape index (κ1) is 18.2. The van der Waals surface area contributed by atoms with Crippen molar-refractivity contribution in [1.29, 1.82) is 0 Å². The molecule has 0 saturated carbocycles. The van der Waals surface area contributed by atoms with Crippen molar-refractivity contribution < 1.29 is 23.7 Å². The Morgan fingerprint density at radius 2 is 2.09 bits per heavy atom. The first-order valence-electron chi connectivity index (χ1n) is 8.26. The van der Waals surface area contributed by atoms with Crippen molar-refractivity contribution in [2.24, 2.45) is 0 Å². The summed E-state index contributed by atoms with van der Waals surface area (Å²) in [5.74, 6) is 0. The molecule has 2 aliphatic rings. The zero-order valence-electron chi connectivity index (χ0n) is 14.7. The quantitative estimate of drug-likeness (QED) is 0.554. The highest BCUT2D eigenvalue weighted by Gasteiger charge is 2.39. The smallest absolute Gasteiger partial charge is 0.411 e. The lowest BCUT2D eigenvalue weighted by atomic mass is 9.93. The van der Waals surface area contributed by atoms with Crippen molar-refractivity contribution in [1.82, 2.24) is 4.90 Å². The SMILES string of the molecule is COCCOCCC1=CC2COCC(C1)N2C(=O)OC(C)(C)C. The number of carbonyl (C=O) groups excluding carboxylic acids is 1. The molecule has 0 spiro atoms. The molecule has 2 heterocycles. The molecule has 0 aromatic carbocycles. The predicted octanol–water partition coefficient (Wildman–Crippen LogP) is 2.37. The van der Waals surface area contributed by atoms with E-state index in [9.17, 15) is 4.79 Å². The molecule has 0 aromatic heterocycles. The van der Waals surface area contributed by atoms with Crippen LogP contribution in [0.15, 0.2) is 11.6 Å². The van der Waals surface area contributed by atoms with E-state index in [0.717, 1.165) is 12.8 Å². The summed E-state index contributed by atoms with van der Waals surface area (Å²) in [6.07, 6.45) is 3.60. The van der Waals surface area contributed by atoms with Gasteiger partial charge in [0.05, 0.1) is 45.1 Å². The van der Waals surface area contributed by atoms with Crippen LogP contribution in [0.2, 0.25) is 0 Å². The fraction of sp³-hybridized carbons (Fsp3) is 0.824. The molecule has 2 rings (SSSR count). The highest BCUT2D eigenvalue weighted by molar-refractivity contribution is 5.70. The molecule has 0 aliphatic carbocycles. The molecule has 1 amide bonds. The van der Waals surface area contributed by atoms with Crippen LogP contribution in [0.4, 0.5) is 4.79 Å². The maximum Gasteiger partial charge on any atom is 0.411 e. The van der Waals surface area contributed by atoms with Gasteiger partial charge in [-0.25, -0.2) is 4.79 Å². The maximum atomic E-state index is 12.4. The van der Waals surface area contributed by atoms with Gasteiger partial charge in [-0.2, -0.15) is 0 Å². The molecule has 0 aromatic rings. The van der Waals surface area contributed by atoms with E-state index in [2.05, 4.69) is 6.08 Å². The molecule has 1 saturated heterocycles. The summed E-state index contributed by atoms with van der Waals surface area (Å²) in [6, 6.07) is 0.0221. The van der Waals surface area contributed by atoms with Crippen LogP contribution in [-0.2, 0) is 18.9 Å². The van der Waals surface area contributed by atoms with E-state index in [4.69, 9.17) is 18.9 Å². The lowest BCUT2D eigenvalue weighted by molar-refractivity contribution is -0.0540. The number of hydrogen-bond acceptors (Lipinski definition) is 5. The number of rotatable bonds is 6. The van der Waals surface area contributed by atoms with Gasteiger partial charge >= 0.3 is 6.09 Å². The van der Waals surface area contributed by atoms with E-state index in [1.165, 1.54) is 5.57 Å². The summed E-state index contributed by atoms with van der Waals surface area (Å²) in [7, 11) is 1.67. The summed E-state index contributed by atoms with van der Waals surface area (Å²) < 4.78 is 21.6. The number of amides is 1. The van der Waals surface area contributed by atoms with Crippen LogP contribution in [0.3, 0.4) is 0 Å². The summed E-state index contributed by atoms with van der Waals surface area (Å²) in [5, 5.41) is 0. The van der Waals surface area contributed by atoms with Crippen molar-refractivity contribution in [3.05, 3.63) is 11.6 Å². The van der Waals surface area contributed by atoms with Crippen LogP contribution in [0.25, 0.3) is 0 Å². The van der Waals surface area contributed by atoms with E-state index >= 15 is 0 Å². The Hall–Kier alpha value is -1.11. The molecule has 0 radical (unpaired) electrons. The number of fused-ring (bicyclic) bond motifs is 2. The monoisotopic (exact) mass is 327 g/mol. The molecule has 6 heteroatoms. The molecular weight excluding hydrogens is 298 g/mol. The number of carbonyl (C=O) groups is 1. The van der Waals surface area contributed by atoms with Gasteiger partial charge in [-0.15, -0.1) is 0 Å². The molecule has 1 fully saturated rings. The molecule has 2 aliphatic heterocycles. The van der Waals surface area contributed by atoms with Crippen molar-refractivity contribution in [2.45, 2.75) is 51.3 Å². The molecule has 23 heavy (non-hydrogen) atoms. The van der Waals surface area contributed by atoms with Gasteiger partial charge in [0.15, 0.2) is 0 Å². The second-order valence-corrected chi connectivity index (χ2v) is 7.03. The zero-order valence-corrected chi connectivity index (χ0v) is 14.7. The third-order valence-electron chi connectivity index (χ3n) is 3.88. The zero-order chi connectivity index (χ0) is 16.9. The lowest BCUT2D eigenvalue weighted by Gasteiger charge is -2.44. The fourth-order valence-corrected chi connectivity index (χ4v) is 2.92. The van der Waals surface area contributed by atoms with Crippen molar-refractivity contribution in [2.75, 3.05) is 40.1 Å². The van der Waals surface area contributed by atoms with Crippen molar-refractivity contribution >= 4 is 6.09 Å². The second-order valence-electron chi connectivity index (χ2n) is 7.03. The van der Waals surface area contributed by atoms with Crippen molar-refractivity contribution in [3.8, 4) is 0 Å². The minimum atomic E-state index is -0.481. The van der Waals surface area contributed by atoms with E-state index in [1.807, 2.05) is 25.7 Å². The van der Waals surface area contributed by atoms with Gasteiger partial charge < -0.3 is 18.9 Å². The Morgan fingerprint density at radius 1 is 1.30 bits per heavy atom. The van der Waals surface area contributed by atoms with E-state index in [0.29, 0.717) is 33.0 Å². The molecule has 132 valence electrons. The van der Waals surface area contributed by atoms with E-state index < -0.39 is 5.60 Å². The minimum absolute atomic E-state index is 0.0358. The van der Waals surface area contributed by atoms with Crippen LogP contribution in [0, 0.1) is 0 Å². The summed E-state index contributed by atoms with van der Waals surface area (Å²) in [6.45, 7) is 8.68. The van der Waals surface area contributed by atoms with Gasteiger partial charge in [0.2, 0.25) is 0 Å². The Balaban J connectivity index is 1.92. The van der Waals surface area contributed by atoms with Crippen LogP contribution in [0.5, 0.6) is 0 Å². The van der Waals surface area contributed by atoms with Crippen LogP contribution in [-0.4, -0.2) is 68.8 Å². The van der Waals surface area contributed by atoms with E-state index in [1.54, 1.807) is 7.11 Å². The number of nitrogens with zero attached hydrogens (tertiary/aromatic N) is 1. The third kappa shape index (κ3) is 5.48. The second kappa shape index (κ2) is 8.13. The average Bonchev–Trinajstić information content (AvgIpc) is 2.44. The number of methoxy groups -OCH3 is 1. The number of morpholine rings is 1. The van der Waals surface area contributed by atoms with Crippen LogP contribution < -0.4 is 0 Å². The Bertz CT molecular complexity index is 429. The molecule has 6 nitrogen and oxygen atoms in total. The first-order valence-corrected chi connectivity index (χ1v) is 8.26.